The van der Waals surface area contributed by atoms with Crippen LogP contribution in [0.2, 0.25) is 5.02 Å². The van der Waals surface area contributed by atoms with E-state index in [1.165, 1.54) is 18.2 Å². The summed E-state index contributed by atoms with van der Waals surface area (Å²) in [7, 11) is -4.17. The molecule has 1 rings (SSSR count). The SMILES string of the molecule is O.O=S(=O)(O)c1ccccc1Cl. The van der Waals surface area contributed by atoms with Crippen molar-refractivity contribution in [2.24, 2.45) is 0 Å². The Bertz CT molecular complexity index is 360. The summed E-state index contributed by atoms with van der Waals surface area (Å²) in [6.07, 6.45) is 0. The summed E-state index contributed by atoms with van der Waals surface area (Å²) in [6, 6.07) is 5.69. The lowest BCUT2D eigenvalue weighted by molar-refractivity contribution is 0.483. The van der Waals surface area contributed by atoms with Crippen LogP contribution in [0.3, 0.4) is 0 Å². The highest BCUT2D eigenvalue weighted by atomic mass is 35.5. The first-order chi connectivity index (χ1) is 5.02. The van der Waals surface area contributed by atoms with Crippen molar-refractivity contribution in [2.45, 2.75) is 4.90 Å². The van der Waals surface area contributed by atoms with E-state index < -0.39 is 10.1 Å². The van der Waals surface area contributed by atoms with E-state index in [0.717, 1.165) is 0 Å². The number of benzene rings is 1. The normalized spacial score (nSPS) is 10.5. The topological polar surface area (TPSA) is 85.9 Å². The quantitative estimate of drug-likeness (QED) is 0.695. The molecule has 0 saturated carbocycles. The van der Waals surface area contributed by atoms with E-state index in [1.807, 2.05) is 0 Å². The highest BCUT2D eigenvalue weighted by Gasteiger charge is 2.12. The van der Waals surface area contributed by atoms with Gasteiger partial charge in [-0.2, -0.15) is 8.42 Å². The van der Waals surface area contributed by atoms with Crippen LogP contribution in [0.15, 0.2) is 29.2 Å². The molecule has 0 heterocycles. The molecule has 0 radical (unpaired) electrons. The number of rotatable bonds is 1. The lowest BCUT2D eigenvalue weighted by Crippen LogP contribution is -1.97. The van der Waals surface area contributed by atoms with Gasteiger partial charge in [0, 0.05) is 0 Å². The lowest BCUT2D eigenvalue weighted by Gasteiger charge is -1.97. The van der Waals surface area contributed by atoms with Gasteiger partial charge in [-0.15, -0.1) is 0 Å². The molecule has 0 spiro atoms. The molecule has 0 aliphatic heterocycles. The summed E-state index contributed by atoms with van der Waals surface area (Å²) < 4.78 is 29.6. The Kier molecular flexibility index (Phi) is 3.66. The summed E-state index contributed by atoms with van der Waals surface area (Å²) in [4.78, 5) is -0.262. The number of hydrogen-bond acceptors (Lipinski definition) is 2. The van der Waals surface area contributed by atoms with Crippen molar-refractivity contribution >= 4 is 21.7 Å². The summed E-state index contributed by atoms with van der Waals surface area (Å²) in [6.45, 7) is 0. The molecular weight excluding hydrogens is 204 g/mol. The van der Waals surface area contributed by atoms with Crippen LogP contribution >= 0.6 is 11.6 Å². The molecule has 68 valence electrons. The maximum atomic E-state index is 10.5. The van der Waals surface area contributed by atoms with Crippen molar-refractivity contribution in [2.75, 3.05) is 0 Å². The molecule has 0 unspecified atom stereocenters. The molecule has 4 nitrogen and oxygen atoms in total. The average Bonchev–Trinajstić information content (AvgIpc) is 1.86. The Morgan fingerprint density at radius 1 is 1.25 bits per heavy atom. The van der Waals surface area contributed by atoms with Crippen LogP contribution in [0.5, 0.6) is 0 Å². The van der Waals surface area contributed by atoms with Gasteiger partial charge in [-0.05, 0) is 12.1 Å². The maximum absolute atomic E-state index is 10.5. The molecule has 12 heavy (non-hydrogen) atoms. The van der Waals surface area contributed by atoms with Crippen LogP contribution in [0.1, 0.15) is 0 Å². The molecule has 0 amide bonds. The fraction of sp³-hybridized carbons (Fsp3) is 0. The third-order valence-corrected chi connectivity index (χ3v) is 2.47. The summed E-state index contributed by atoms with van der Waals surface area (Å²) in [5, 5.41) is 0.0231. The second kappa shape index (κ2) is 3.86. The first-order valence-corrected chi connectivity index (χ1v) is 4.55. The third kappa shape index (κ3) is 2.46. The Morgan fingerprint density at radius 3 is 2.08 bits per heavy atom. The van der Waals surface area contributed by atoms with E-state index in [1.54, 1.807) is 6.07 Å². The van der Waals surface area contributed by atoms with Crippen molar-refractivity contribution in [3.8, 4) is 0 Å². The van der Waals surface area contributed by atoms with Gasteiger partial charge in [0.25, 0.3) is 10.1 Å². The molecule has 0 aliphatic carbocycles. The fourth-order valence-corrected chi connectivity index (χ4v) is 1.65. The van der Waals surface area contributed by atoms with Gasteiger partial charge in [0.15, 0.2) is 0 Å². The first kappa shape index (κ1) is 11.4. The van der Waals surface area contributed by atoms with Gasteiger partial charge in [0.1, 0.15) is 4.90 Å². The lowest BCUT2D eigenvalue weighted by atomic mass is 10.4. The van der Waals surface area contributed by atoms with Crippen molar-refractivity contribution in [3.05, 3.63) is 29.3 Å². The molecule has 3 N–H and O–H groups in total. The summed E-state index contributed by atoms with van der Waals surface area (Å²) >= 11 is 5.47. The molecule has 0 fully saturated rings. The van der Waals surface area contributed by atoms with E-state index in [4.69, 9.17) is 16.2 Å². The van der Waals surface area contributed by atoms with Crippen LogP contribution < -0.4 is 0 Å². The standard InChI is InChI=1S/C6H5ClO3S.H2O/c7-5-3-1-2-4-6(5)11(8,9)10;/h1-4H,(H,8,9,10);1H2. The van der Waals surface area contributed by atoms with Gasteiger partial charge in [-0.25, -0.2) is 0 Å². The Labute approximate surface area is 74.8 Å². The third-order valence-electron chi connectivity index (χ3n) is 1.11. The van der Waals surface area contributed by atoms with E-state index in [2.05, 4.69) is 0 Å². The molecule has 1 aromatic rings. The monoisotopic (exact) mass is 210 g/mol. The second-order valence-corrected chi connectivity index (χ2v) is 3.70. The van der Waals surface area contributed by atoms with E-state index in [-0.39, 0.29) is 15.4 Å². The minimum atomic E-state index is -4.17. The van der Waals surface area contributed by atoms with Crippen molar-refractivity contribution in [3.63, 3.8) is 0 Å². The number of halogens is 1. The molecule has 0 saturated heterocycles. The van der Waals surface area contributed by atoms with Gasteiger partial charge in [-0.3, -0.25) is 4.55 Å². The van der Waals surface area contributed by atoms with Gasteiger partial charge < -0.3 is 5.48 Å². The van der Waals surface area contributed by atoms with Gasteiger partial charge in [0.2, 0.25) is 0 Å². The highest BCUT2D eigenvalue weighted by Crippen LogP contribution is 2.19. The number of hydrogen-bond donors (Lipinski definition) is 1. The molecule has 0 atom stereocenters. The van der Waals surface area contributed by atoms with Crippen molar-refractivity contribution in [1.82, 2.24) is 0 Å². The predicted molar refractivity (Wildman–Crippen MR) is 44.9 cm³/mol. The minimum absolute atomic E-state index is 0. The molecule has 0 aromatic heterocycles. The maximum Gasteiger partial charge on any atom is 0.296 e. The van der Waals surface area contributed by atoms with Gasteiger partial charge >= 0.3 is 0 Å². The van der Waals surface area contributed by atoms with Gasteiger partial charge in [0.05, 0.1) is 5.02 Å². The fourth-order valence-electron chi connectivity index (χ4n) is 0.654. The molecular formula is C6H7ClO4S. The van der Waals surface area contributed by atoms with Crippen LogP contribution in [-0.4, -0.2) is 18.4 Å². The van der Waals surface area contributed by atoms with Crippen LogP contribution in [0.25, 0.3) is 0 Å². The predicted octanol–water partition coefficient (Wildman–Crippen LogP) is 0.762. The Balaban J connectivity index is 0.00000121. The Morgan fingerprint density at radius 2 is 1.75 bits per heavy atom. The van der Waals surface area contributed by atoms with E-state index in [9.17, 15) is 8.42 Å². The van der Waals surface area contributed by atoms with Crippen molar-refractivity contribution in [1.29, 1.82) is 0 Å². The van der Waals surface area contributed by atoms with E-state index >= 15 is 0 Å². The largest absolute Gasteiger partial charge is 0.412 e. The molecule has 1 aromatic carbocycles. The first-order valence-electron chi connectivity index (χ1n) is 2.74. The van der Waals surface area contributed by atoms with E-state index in [0.29, 0.717) is 0 Å². The average molecular weight is 211 g/mol. The van der Waals surface area contributed by atoms with Crippen molar-refractivity contribution < 1.29 is 18.4 Å². The molecule has 6 heteroatoms. The smallest absolute Gasteiger partial charge is 0.296 e. The van der Waals surface area contributed by atoms with Crippen LogP contribution in [-0.2, 0) is 10.1 Å². The van der Waals surface area contributed by atoms with Crippen LogP contribution in [0, 0.1) is 0 Å². The molecule has 0 aliphatic rings. The second-order valence-electron chi connectivity index (χ2n) is 1.91. The highest BCUT2D eigenvalue weighted by molar-refractivity contribution is 7.86. The zero-order valence-corrected chi connectivity index (χ0v) is 7.43. The summed E-state index contributed by atoms with van der Waals surface area (Å²) in [5.74, 6) is 0. The zero-order valence-electron chi connectivity index (χ0n) is 5.86. The zero-order chi connectivity index (χ0) is 8.48. The molecule has 0 bridgehead atoms. The minimum Gasteiger partial charge on any atom is -0.412 e. The van der Waals surface area contributed by atoms with Crippen LogP contribution in [0.4, 0.5) is 0 Å². The Hall–Kier alpha value is -0.620. The summed E-state index contributed by atoms with van der Waals surface area (Å²) in [5.41, 5.74) is 0. The van der Waals surface area contributed by atoms with Gasteiger partial charge in [-0.1, -0.05) is 23.7 Å².